The summed E-state index contributed by atoms with van der Waals surface area (Å²) in [6.45, 7) is 11.3. The Morgan fingerprint density at radius 2 is 1.44 bits per heavy atom. The monoisotopic (exact) mass is 454 g/mol. The first kappa shape index (κ1) is 26.5. The van der Waals surface area contributed by atoms with Crippen LogP contribution < -0.4 is 10.4 Å². The maximum Gasteiger partial charge on any atom is 0.261 e. The van der Waals surface area contributed by atoms with Crippen LogP contribution in [-0.4, -0.2) is 33.9 Å². The van der Waals surface area contributed by atoms with Crippen molar-refractivity contribution < 1.29 is 14.0 Å². The largest absolute Gasteiger partial charge is 0.404 e. The van der Waals surface area contributed by atoms with Crippen LogP contribution in [0.3, 0.4) is 0 Å². The number of hydrogen-bond donors (Lipinski definition) is 0. The van der Waals surface area contributed by atoms with Crippen LogP contribution in [0.15, 0.2) is 60.7 Å². The quantitative estimate of drug-likeness (QED) is 0.285. The molecule has 0 bridgehead atoms. The Labute approximate surface area is 196 Å². The first-order chi connectivity index (χ1) is 15.3. The fraction of sp³-hybridized carbons (Fsp3) is 0.536. The Kier molecular flexibility index (Phi) is 10.3. The lowest BCUT2D eigenvalue weighted by atomic mass is 9.96. The number of hydrogen-bond acceptors (Lipinski definition) is 3. The van der Waals surface area contributed by atoms with Crippen molar-refractivity contribution in [3.63, 3.8) is 0 Å². The van der Waals surface area contributed by atoms with E-state index < -0.39 is 8.32 Å². The van der Waals surface area contributed by atoms with Crippen LogP contribution in [0.5, 0.6) is 0 Å². The lowest BCUT2D eigenvalue weighted by Gasteiger charge is -2.45. The molecular weight excluding hydrogens is 412 g/mol. The summed E-state index contributed by atoms with van der Waals surface area (Å²) < 4.78 is 13.3. The van der Waals surface area contributed by atoms with Gasteiger partial charge >= 0.3 is 0 Å². The summed E-state index contributed by atoms with van der Waals surface area (Å²) in [7, 11) is -0.814. The van der Waals surface area contributed by atoms with Gasteiger partial charge in [-0.15, -0.1) is 0 Å². The molecule has 0 saturated carbocycles. The van der Waals surface area contributed by atoms with Crippen LogP contribution in [-0.2, 0) is 14.0 Å². The maximum atomic E-state index is 11.0. The average molecular weight is 455 g/mol. The Bertz CT molecular complexity index is 746. The van der Waals surface area contributed by atoms with Crippen molar-refractivity contribution in [3.8, 4) is 0 Å². The van der Waals surface area contributed by atoms with Crippen LogP contribution >= 0.6 is 0 Å². The van der Waals surface area contributed by atoms with E-state index in [0.29, 0.717) is 12.3 Å². The van der Waals surface area contributed by atoms with Gasteiger partial charge in [0.1, 0.15) is 6.29 Å². The Hall–Kier alpha value is -1.75. The minimum atomic E-state index is -2.60. The average Bonchev–Trinajstić information content (AvgIpc) is 2.77. The fourth-order valence-corrected chi connectivity index (χ4v) is 9.51. The molecule has 176 valence electrons. The van der Waals surface area contributed by atoms with Gasteiger partial charge in [0.05, 0.1) is 6.10 Å². The summed E-state index contributed by atoms with van der Waals surface area (Å²) in [4.78, 5) is 11.0. The SMILES string of the molecule is CCC[C@@H](C[C@H](C[C@H](C)CC=O)OC)O[Si](c1ccccc1)(c1ccccc1)C(C)(C)C. The summed E-state index contributed by atoms with van der Waals surface area (Å²) in [5.74, 6) is 0.313. The topological polar surface area (TPSA) is 35.5 Å². The van der Waals surface area contributed by atoms with E-state index in [2.05, 4.69) is 95.3 Å². The highest BCUT2D eigenvalue weighted by Gasteiger charge is 2.51. The zero-order valence-electron chi connectivity index (χ0n) is 20.8. The molecule has 0 unspecified atom stereocenters. The molecule has 0 heterocycles. The molecule has 2 aromatic rings. The molecule has 0 saturated heterocycles. The van der Waals surface area contributed by atoms with Gasteiger partial charge in [-0.3, -0.25) is 0 Å². The Morgan fingerprint density at radius 3 is 1.84 bits per heavy atom. The Morgan fingerprint density at radius 1 is 0.906 bits per heavy atom. The zero-order valence-corrected chi connectivity index (χ0v) is 21.8. The van der Waals surface area contributed by atoms with Crippen LogP contribution in [0.4, 0.5) is 0 Å². The van der Waals surface area contributed by atoms with Gasteiger partial charge in [-0.1, -0.05) is 102 Å². The smallest absolute Gasteiger partial charge is 0.261 e. The lowest BCUT2D eigenvalue weighted by molar-refractivity contribution is -0.108. The normalized spacial score (nSPS) is 15.2. The highest BCUT2D eigenvalue weighted by atomic mass is 28.4. The van der Waals surface area contributed by atoms with Gasteiger partial charge in [0, 0.05) is 19.6 Å². The van der Waals surface area contributed by atoms with E-state index in [0.717, 1.165) is 32.0 Å². The van der Waals surface area contributed by atoms with Crippen LogP contribution in [0.1, 0.15) is 66.7 Å². The molecular formula is C28H42O3Si. The van der Waals surface area contributed by atoms with Crippen molar-refractivity contribution in [2.75, 3.05) is 7.11 Å². The summed E-state index contributed by atoms with van der Waals surface area (Å²) in [6, 6.07) is 21.6. The fourth-order valence-electron chi connectivity index (χ4n) is 4.78. The van der Waals surface area contributed by atoms with E-state index in [9.17, 15) is 4.79 Å². The molecule has 0 fully saturated rings. The second-order valence-corrected chi connectivity index (χ2v) is 14.3. The minimum absolute atomic E-state index is 0.0466. The first-order valence-corrected chi connectivity index (χ1v) is 13.9. The van der Waals surface area contributed by atoms with E-state index in [1.165, 1.54) is 10.4 Å². The highest BCUT2D eigenvalue weighted by Crippen LogP contribution is 2.38. The van der Waals surface area contributed by atoms with Gasteiger partial charge in [-0.05, 0) is 40.6 Å². The van der Waals surface area contributed by atoms with Crippen molar-refractivity contribution in [2.45, 2.75) is 84.0 Å². The van der Waals surface area contributed by atoms with Crippen molar-refractivity contribution in [1.29, 1.82) is 0 Å². The molecule has 0 N–H and O–H groups in total. The molecule has 0 aliphatic heterocycles. The maximum absolute atomic E-state index is 11.0. The number of methoxy groups -OCH3 is 1. The third-order valence-electron chi connectivity index (χ3n) is 6.39. The minimum Gasteiger partial charge on any atom is -0.404 e. The first-order valence-electron chi connectivity index (χ1n) is 12.0. The molecule has 3 atom stereocenters. The van der Waals surface area contributed by atoms with Gasteiger partial charge < -0.3 is 14.0 Å². The van der Waals surface area contributed by atoms with E-state index in [1.54, 1.807) is 7.11 Å². The molecule has 0 amide bonds. The van der Waals surface area contributed by atoms with Crippen molar-refractivity contribution in [2.24, 2.45) is 5.92 Å². The number of benzene rings is 2. The second-order valence-electron chi connectivity index (χ2n) is 10.0. The van der Waals surface area contributed by atoms with E-state index >= 15 is 0 Å². The van der Waals surface area contributed by atoms with Crippen molar-refractivity contribution in [3.05, 3.63) is 60.7 Å². The predicted molar refractivity (Wildman–Crippen MR) is 137 cm³/mol. The number of rotatable bonds is 13. The molecule has 4 heteroatoms. The Balaban J connectivity index is 2.48. The summed E-state index contributed by atoms with van der Waals surface area (Å²) in [5.41, 5.74) is 0. The third kappa shape index (κ3) is 6.63. The summed E-state index contributed by atoms with van der Waals surface area (Å²) in [6.07, 6.45) is 5.54. The molecule has 2 aromatic carbocycles. The van der Waals surface area contributed by atoms with Crippen LogP contribution in [0, 0.1) is 5.92 Å². The van der Waals surface area contributed by atoms with Crippen LogP contribution in [0.2, 0.25) is 5.04 Å². The molecule has 3 nitrogen and oxygen atoms in total. The zero-order chi connectivity index (χ0) is 23.6. The molecule has 0 aliphatic rings. The van der Waals surface area contributed by atoms with Crippen molar-refractivity contribution >= 4 is 25.0 Å². The van der Waals surface area contributed by atoms with Gasteiger partial charge in [0.2, 0.25) is 0 Å². The summed E-state index contributed by atoms with van der Waals surface area (Å²) in [5, 5.41) is 2.57. The van der Waals surface area contributed by atoms with Gasteiger partial charge in [0.15, 0.2) is 0 Å². The standard InChI is InChI=1S/C28H42O3Si/c1-7-14-24(22-25(30-6)21-23(2)19-20-29)31-32(28(3,4)5,26-15-10-8-11-16-26)27-17-12-9-13-18-27/h8-13,15-18,20,23-25H,7,14,19,21-22H2,1-6H3/t23-,24+,25+/m1/s1. The predicted octanol–water partition coefficient (Wildman–Crippen LogP) is 5.75. The number of carbonyl (C=O) groups is 1. The van der Waals surface area contributed by atoms with E-state index in [-0.39, 0.29) is 17.2 Å². The van der Waals surface area contributed by atoms with Gasteiger partial charge in [-0.25, -0.2) is 0 Å². The number of aldehydes is 1. The lowest BCUT2D eigenvalue weighted by Crippen LogP contribution is -2.67. The third-order valence-corrected chi connectivity index (χ3v) is 11.5. The molecule has 0 aliphatic carbocycles. The number of carbonyl (C=O) groups excluding carboxylic acids is 1. The van der Waals surface area contributed by atoms with E-state index in [1.807, 2.05) is 0 Å². The molecule has 2 rings (SSSR count). The molecule has 0 radical (unpaired) electrons. The van der Waals surface area contributed by atoms with Gasteiger partial charge in [-0.2, -0.15) is 0 Å². The molecule has 0 spiro atoms. The van der Waals surface area contributed by atoms with Gasteiger partial charge in [0.25, 0.3) is 8.32 Å². The highest BCUT2D eigenvalue weighted by molar-refractivity contribution is 6.99. The van der Waals surface area contributed by atoms with Crippen molar-refractivity contribution in [1.82, 2.24) is 0 Å². The second kappa shape index (κ2) is 12.5. The molecule has 32 heavy (non-hydrogen) atoms. The summed E-state index contributed by atoms with van der Waals surface area (Å²) >= 11 is 0. The van der Waals surface area contributed by atoms with Crippen LogP contribution in [0.25, 0.3) is 0 Å². The molecule has 0 aromatic heterocycles. The van der Waals surface area contributed by atoms with E-state index in [4.69, 9.17) is 9.16 Å². The number of ether oxygens (including phenoxy) is 1.